The summed E-state index contributed by atoms with van der Waals surface area (Å²) in [5, 5.41) is 13.8. The zero-order valence-corrected chi connectivity index (χ0v) is 15.9. The Morgan fingerprint density at radius 1 is 0.714 bits per heavy atom. The molecule has 0 atom stereocenters. The summed E-state index contributed by atoms with van der Waals surface area (Å²) in [6, 6.07) is 20.3. The third-order valence-corrected chi connectivity index (χ3v) is 4.36. The first kappa shape index (κ1) is 19.3. The topological polar surface area (TPSA) is 82.1 Å². The molecule has 0 fully saturated rings. The van der Waals surface area contributed by atoms with Gasteiger partial charge in [0.05, 0.1) is 11.4 Å². The summed E-state index contributed by atoms with van der Waals surface area (Å²) >= 11 is 5.85. The molecule has 0 saturated heterocycles. The first-order valence-electron chi connectivity index (χ1n) is 8.57. The highest BCUT2D eigenvalue weighted by molar-refractivity contribution is 6.30. The molecule has 0 saturated carbocycles. The predicted octanol–water partition coefficient (Wildman–Crippen LogP) is 5.23. The Morgan fingerprint density at radius 2 is 1.11 bits per heavy atom. The summed E-state index contributed by atoms with van der Waals surface area (Å²) in [5.41, 5.74) is 3.09. The van der Waals surface area contributed by atoms with Crippen LogP contribution in [-0.4, -0.2) is 17.5 Å². The van der Waals surface area contributed by atoms with Gasteiger partial charge in [-0.15, -0.1) is 0 Å². The monoisotopic (exact) mass is 391 g/mol. The van der Waals surface area contributed by atoms with Crippen LogP contribution in [0.2, 0.25) is 5.02 Å². The first-order valence-corrected chi connectivity index (χ1v) is 8.95. The molecule has 0 aliphatic heterocycles. The Balaban J connectivity index is 1.76. The molecule has 6 heteroatoms. The zero-order valence-electron chi connectivity index (χ0n) is 15.1. The minimum absolute atomic E-state index is 0.302. The lowest BCUT2D eigenvalue weighted by atomic mass is 10.1. The van der Waals surface area contributed by atoms with Crippen molar-refractivity contribution in [2.24, 2.45) is 0 Å². The van der Waals surface area contributed by atoms with Crippen LogP contribution in [0.4, 0.5) is 11.4 Å². The summed E-state index contributed by atoms with van der Waals surface area (Å²) in [7, 11) is 0. The molecule has 0 heterocycles. The molecule has 5 nitrogen and oxygen atoms in total. The second kappa shape index (κ2) is 8.50. The van der Waals surface area contributed by atoms with E-state index in [1.165, 1.54) is 0 Å². The smallest absolute Gasteiger partial charge is 0.255 e. The number of carbonyl (C=O) groups is 2. The zero-order chi connectivity index (χ0) is 20.1. The van der Waals surface area contributed by atoms with Crippen LogP contribution in [0.5, 0.6) is 0 Å². The van der Waals surface area contributed by atoms with Gasteiger partial charge in [-0.1, -0.05) is 35.9 Å². The van der Waals surface area contributed by atoms with E-state index in [1.54, 1.807) is 79.7 Å². The molecule has 0 aliphatic rings. The van der Waals surface area contributed by atoms with Crippen molar-refractivity contribution in [2.45, 2.75) is 6.92 Å². The molecule has 0 unspecified atom stereocenters. The van der Waals surface area contributed by atoms with E-state index in [-0.39, 0.29) is 11.8 Å². The van der Waals surface area contributed by atoms with Gasteiger partial charge in [0.25, 0.3) is 11.8 Å². The van der Waals surface area contributed by atoms with Crippen LogP contribution in [0.3, 0.4) is 0 Å². The van der Waals surface area contributed by atoms with Crippen LogP contribution in [0.15, 0.2) is 72.8 Å². The van der Waals surface area contributed by atoms with E-state index in [0.717, 1.165) is 5.56 Å². The van der Waals surface area contributed by atoms with E-state index in [0.29, 0.717) is 33.2 Å². The second-order valence-corrected chi connectivity index (χ2v) is 6.60. The Kier molecular flexibility index (Phi) is 5.87. The Labute approximate surface area is 167 Å². The van der Waals surface area contributed by atoms with Gasteiger partial charge in [0, 0.05) is 21.9 Å². The van der Waals surface area contributed by atoms with Gasteiger partial charge in [-0.05, 0) is 61.0 Å². The van der Waals surface area contributed by atoms with Gasteiger partial charge >= 0.3 is 0 Å². The number of halogens is 1. The van der Waals surface area contributed by atoms with Gasteiger partial charge in [0.2, 0.25) is 0 Å². The van der Waals surface area contributed by atoms with Crippen molar-refractivity contribution >= 4 is 40.5 Å². The summed E-state index contributed by atoms with van der Waals surface area (Å²) in [5.74, 6) is -0.605. The summed E-state index contributed by atoms with van der Waals surface area (Å²) in [4.78, 5) is 25.0. The fourth-order valence-electron chi connectivity index (χ4n) is 2.56. The second-order valence-electron chi connectivity index (χ2n) is 6.16. The average molecular weight is 392 g/mol. The maximum absolute atomic E-state index is 12.5. The van der Waals surface area contributed by atoms with Crippen LogP contribution in [-0.2, 0) is 0 Å². The summed E-state index contributed by atoms with van der Waals surface area (Å²) in [6.45, 7) is 1.69. The van der Waals surface area contributed by atoms with E-state index in [2.05, 4.69) is 10.6 Å². The molecule has 3 aromatic carbocycles. The molecule has 0 radical (unpaired) electrons. The number of nitrogens with one attached hydrogen (secondary N) is 3. The van der Waals surface area contributed by atoms with Crippen molar-refractivity contribution < 1.29 is 9.59 Å². The SMILES string of the molecule is CC(=N)c1ccc(C(=O)Nc2ccccc2NC(=O)c2ccc(Cl)cc2)cc1. The molecule has 0 aliphatic carbocycles. The van der Waals surface area contributed by atoms with Crippen molar-refractivity contribution in [2.75, 3.05) is 10.6 Å². The van der Waals surface area contributed by atoms with Gasteiger partial charge in [-0.3, -0.25) is 9.59 Å². The highest BCUT2D eigenvalue weighted by atomic mass is 35.5. The van der Waals surface area contributed by atoms with Gasteiger partial charge in [0.1, 0.15) is 0 Å². The minimum atomic E-state index is -0.303. The van der Waals surface area contributed by atoms with E-state index in [1.807, 2.05) is 0 Å². The highest BCUT2D eigenvalue weighted by Crippen LogP contribution is 2.23. The van der Waals surface area contributed by atoms with Crippen molar-refractivity contribution in [1.82, 2.24) is 0 Å². The summed E-state index contributed by atoms with van der Waals surface area (Å²) in [6.07, 6.45) is 0. The van der Waals surface area contributed by atoms with Crippen LogP contribution < -0.4 is 10.6 Å². The molecule has 28 heavy (non-hydrogen) atoms. The quantitative estimate of drug-likeness (QED) is 0.520. The minimum Gasteiger partial charge on any atom is -0.320 e. The molecule has 0 aromatic heterocycles. The van der Waals surface area contributed by atoms with E-state index in [9.17, 15) is 9.59 Å². The van der Waals surface area contributed by atoms with Crippen LogP contribution in [0.25, 0.3) is 0 Å². The van der Waals surface area contributed by atoms with Crippen LogP contribution in [0, 0.1) is 5.41 Å². The number of hydrogen-bond acceptors (Lipinski definition) is 3. The average Bonchev–Trinajstić information content (AvgIpc) is 2.70. The third-order valence-electron chi connectivity index (χ3n) is 4.11. The molecule has 0 spiro atoms. The lowest BCUT2D eigenvalue weighted by Crippen LogP contribution is -2.16. The summed E-state index contributed by atoms with van der Waals surface area (Å²) < 4.78 is 0. The number of benzene rings is 3. The largest absolute Gasteiger partial charge is 0.320 e. The molecule has 3 N–H and O–H groups in total. The molecule has 0 bridgehead atoms. The Morgan fingerprint density at radius 3 is 1.54 bits per heavy atom. The normalized spacial score (nSPS) is 10.2. The molecular formula is C22H18ClN3O2. The number of amides is 2. The number of hydrogen-bond donors (Lipinski definition) is 3. The Bertz CT molecular complexity index is 1030. The maximum Gasteiger partial charge on any atom is 0.255 e. The molecule has 140 valence electrons. The van der Waals surface area contributed by atoms with Crippen molar-refractivity contribution in [3.8, 4) is 0 Å². The van der Waals surface area contributed by atoms with E-state index < -0.39 is 0 Å². The number of rotatable bonds is 5. The number of carbonyl (C=O) groups excluding carboxylic acids is 2. The van der Waals surface area contributed by atoms with Gasteiger partial charge in [-0.25, -0.2) is 0 Å². The van der Waals surface area contributed by atoms with Gasteiger partial charge in [-0.2, -0.15) is 0 Å². The van der Waals surface area contributed by atoms with Crippen molar-refractivity contribution in [1.29, 1.82) is 5.41 Å². The molecule has 2 amide bonds. The van der Waals surface area contributed by atoms with Crippen LogP contribution >= 0.6 is 11.6 Å². The molecular weight excluding hydrogens is 374 g/mol. The predicted molar refractivity (Wildman–Crippen MR) is 113 cm³/mol. The third kappa shape index (κ3) is 4.64. The fraction of sp³-hybridized carbons (Fsp3) is 0.0455. The maximum atomic E-state index is 12.5. The van der Waals surface area contributed by atoms with E-state index >= 15 is 0 Å². The first-order chi connectivity index (χ1) is 13.4. The van der Waals surface area contributed by atoms with Gasteiger partial charge in [0.15, 0.2) is 0 Å². The van der Waals surface area contributed by atoms with Crippen molar-refractivity contribution in [3.05, 3.63) is 94.5 Å². The highest BCUT2D eigenvalue weighted by Gasteiger charge is 2.12. The standard InChI is InChI=1S/C22H18ClN3O2/c1-14(24)15-6-8-16(9-7-15)21(27)25-19-4-2-3-5-20(19)26-22(28)17-10-12-18(23)13-11-17/h2-13,24H,1H3,(H,25,27)(H,26,28). The number of anilines is 2. The van der Waals surface area contributed by atoms with Crippen molar-refractivity contribution in [3.63, 3.8) is 0 Å². The fourth-order valence-corrected chi connectivity index (χ4v) is 2.69. The van der Waals surface area contributed by atoms with E-state index in [4.69, 9.17) is 17.0 Å². The lowest BCUT2D eigenvalue weighted by Gasteiger charge is -2.12. The lowest BCUT2D eigenvalue weighted by molar-refractivity contribution is 0.101. The molecule has 3 rings (SSSR count). The molecule has 3 aromatic rings. The Hall–Kier alpha value is -3.44. The van der Waals surface area contributed by atoms with Crippen LogP contribution in [0.1, 0.15) is 33.2 Å². The number of para-hydroxylation sites is 2. The van der Waals surface area contributed by atoms with Gasteiger partial charge < -0.3 is 16.0 Å².